The van der Waals surface area contributed by atoms with Crippen molar-refractivity contribution in [2.45, 2.75) is 24.7 Å². The molecule has 5 nitrogen and oxygen atoms in total. The van der Waals surface area contributed by atoms with Crippen LogP contribution in [0.25, 0.3) is 6.08 Å². The quantitative estimate of drug-likeness (QED) is 0.0487. The summed E-state index contributed by atoms with van der Waals surface area (Å²) in [6.45, 7) is 0.241. The highest BCUT2D eigenvalue weighted by Crippen LogP contribution is 2.43. The Morgan fingerprint density at radius 1 is 0.660 bits per heavy atom. The molecule has 0 amide bonds. The number of hydrogen-bond acceptors (Lipinski definition) is 5. The van der Waals surface area contributed by atoms with E-state index in [4.69, 9.17) is 4.74 Å². The van der Waals surface area contributed by atoms with Gasteiger partial charge in [-0.1, -0.05) is 103 Å². The molecule has 0 bridgehead atoms. The van der Waals surface area contributed by atoms with Crippen molar-refractivity contribution in [3.05, 3.63) is 178 Å². The molecular weight excluding hydrogens is 582 g/mol. The molecule has 0 spiro atoms. The van der Waals surface area contributed by atoms with E-state index in [-0.39, 0.29) is 40.3 Å². The Hall–Kier alpha value is -5.55. The van der Waals surface area contributed by atoms with Gasteiger partial charge in [0.05, 0.1) is 17.7 Å². The highest BCUT2D eigenvalue weighted by molar-refractivity contribution is 6.41. The number of ether oxygens (including phenoxy) is 1. The van der Waals surface area contributed by atoms with Crippen LogP contribution in [0, 0.1) is 0 Å². The molecule has 1 aliphatic rings. The van der Waals surface area contributed by atoms with E-state index in [1.807, 2.05) is 61.5 Å². The maximum Gasteiger partial charge on any atom is 0.338 e. The van der Waals surface area contributed by atoms with E-state index in [2.05, 4.69) is 72.8 Å². The van der Waals surface area contributed by atoms with Crippen LogP contribution in [0.5, 0.6) is 0 Å². The summed E-state index contributed by atoms with van der Waals surface area (Å²) in [5.74, 6) is -1.22. The van der Waals surface area contributed by atoms with Crippen LogP contribution in [0.2, 0.25) is 0 Å². The Morgan fingerprint density at radius 2 is 1.19 bits per heavy atom. The molecule has 0 unspecified atom stereocenters. The summed E-state index contributed by atoms with van der Waals surface area (Å²) in [5.41, 5.74) is 5.96. The topological polar surface area (TPSA) is 63.7 Å². The summed E-state index contributed by atoms with van der Waals surface area (Å²) >= 11 is 0. The van der Waals surface area contributed by atoms with Crippen molar-refractivity contribution in [2.24, 2.45) is 0 Å². The largest absolute Gasteiger partial charge is 0.462 e. The Balaban J connectivity index is 1.14. The summed E-state index contributed by atoms with van der Waals surface area (Å²) in [6, 6.07) is 43.9. The number of allylic oxidation sites excluding steroid dienone is 1. The molecule has 0 heterocycles. The summed E-state index contributed by atoms with van der Waals surface area (Å²) in [6.07, 6.45) is 3.92. The fourth-order valence-corrected chi connectivity index (χ4v) is 6.46. The average molecular weight is 620 g/mol. The van der Waals surface area contributed by atoms with E-state index in [0.29, 0.717) is 12.0 Å². The van der Waals surface area contributed by atoms with Crippen LogP contribution in [0.15, 0.2) is 139 Å². The third-order valence-electron chi connectivity index (χ3n) is 8.93. The van der Waals surface area contributed by atoms with Gasteiger partial charge in [0.25, 0.3) is 0 Å². The van der Waals surface area contributed by atoms with Gasteiger partial charge in [-0.2, -0.15) is 0 Å². The minimum absolute atomic E-state index is 0.0989. The van der Waals surface area contributed by atoms with Gasteiger partial charge in [-0.3, -0.25) is 9.59 Å². The van der Waals surface area contributed by atoms with E-state index in [0.717, 1.165) is 24.1 Å². The molecule has 0 aromatic heterocycles. The molecular formula is C42H37NO4. The maximum absolute atomic E-state index is 13.3. The van der Waals surface area contributed by atoms with Crippen LogP contribution >= 0.6 is 0 Å². The predicted octanol–water partition coefficient (Wildman–Crippen LogP) is 8.58. The average Bonchev–Trinajstić information content (AvgIpc) is 3.35. The number of carbonyl (C=O) groups excluding carboxylic acids is 3. The van der Waals surface area contributed by atoms with E-state index in [1.165, 1.54) is 22.8 Å². The van der Waals surface area contributed by atoms with Crippen molar-refractivity contribution in [1.82, 2.24) is 0 Å². The molecule has 0 N–H and O–H groups in total. The van der Waals surface area contributed by atoms with Crippen LogP contribution in [0.3, 0.4) is 0 Å². The lowest BCUT2D eigenvalue weighted by Crippen LogP contribution is -2.29. The number of nitrogens with zero attached hydrogens (tertiary/aromatic N) is 1. The van der Waals surface area contributed by atoms with Crippen LogP contribution in [0.4, 0.5) is 5.69 Å². The maximum atomic E-state index is 13.3. The standard InChI is InChI=1S/C42H37NO4/c1-43(2)35-23-20-30(21-24-35)28-38-39(44)36-25-22-31(29-37(36)40(38)45)41(46)47-27-13-12-26-42(32-14-6-3-7-15-32,33-16-8-4-9-17-33)34-18-10-5-11-19-34/h3-11,14-25,28-29H,12-13,26-27H2,1-2H3/b38-28-. The number of fused-ring (bicyclic) bond motifs is 1. The molecule has 0 aliphatic heterocycles. The van der Waals surface area contributed by atoms with Gasteiger partial charge in [-0.15, -0.1) is 0 Å². The first-order valence-electron chi connectivity index (χ1n) is 15.9. The Bertz CT molecular complexity index is 1810. The number of carbonyl (C=O) groups is 3. The van der Waals surface area contributed by atoms with Crippen molar-refractivity contribution >= 4 is 29.3 Å². The normalized spacial score (nSPS) is 13.4. The van der Waals surface area contributed by atoms with Gasteiger partial charge >= 0.3 is 5.97 Å². The van der Waals surface area contributed by atoms with Crippen molar-refractivity contribution in [2.75, 3.05) is 25.6 Å². The molecule has 234 valence electrons. The molecule has 47 heavy (non-hydrogen) atoms. The molecule has 0 fully saturated rings. The first kappa shape index (κ1) is 31.4. The second-order valence-corrected chi connectivity index (χ2v) is 12.1. The lowest BCUT2D eigenvalue weighted by atomic mass is 9.66. The van der Waals surface area contributed by atoms with E-state index in [9.17, 15) is 14.4 Å². The molecule has 1 aliphatic carbocycles. The van der Waals surface area contributed by atoms with Crippen LogP contribution in [-0.4, -0.2) is 38.2 Å². The molecule has 5 aromatic carbocycles. The number of Topliss-reactive ketones (excluding diaryl/α,β-unsaturated/α-hetero) is 2. The van der Waals surface area contributed by atoms with Crippen LogP contribution in [-0.2, 0) is 10.2 Å². The number of rotatable bonds is 11. The number of unbranched alkanes of at least 4 members (excludes halogenated alkanes) is 1. The van der Waals surface area contributed by atoms with Gasteiger partial charge < -0.3 is 9.64 Å². The monoisotopic (exact) mass is 619 g/mol. The van der Waals surface area contributed by atoms with Crippen LogP contribution in [0.1, 0.15) is 72.6 Å². The van der Waals surface area contributed by atoms with Gasteiger partial charge in [0.2, 0.25) is 0 Å². The number of ketones is 2. The third kappa shape index (κ3) is 6.43. The SMILES string of the molecule is CN(C)c1ccc(/C=C2/C(=O)c3ccc(C(=O)OCCCCC(c4ccccc4)(c4ccccc4)c4ccccc4)cc3C2=O)cc1. The van der Waals surface area contributed by atoms with Crippen molar-refractivity contribution in [1.29, 1.82) is 0 Å². The van der Waals surface area contributed by atoms with E-state index >= 15 is 0 Å². The zero-order chi connectivity index (χ0) is 32.8. The summed E-state index contributed by atoms with van der Waals surface area (Å²) < 4.78 is 5.68. The Kier molecular flexibility index (Phi) is 9.25. The van der Waals surface area contributed by atoms with Crippen molar-refractivity contribution in [3.63, 3.8) is 0 Å². The van der Waals surface area contributed by atoms with Crippen molar-refractivity contribution in [3.8, 4) is 0 Å². The van der Waals surface area contributed by atoms with E-state index < -0.39 is 5.97 Å². The van der Waals surface area contributed by atoms with Crippen LogP contribution < -0.4 is 4.90 Å². The minimum Gasteiger partial charge on any atom is -0.462 e. The number of benzene rings is 5. The molecule has 6 rings (SSSR count). The fourth-order valence-electron chi connectivity index (χ4n) is 6.46. The van der Waals surface area contributed by atoms with Gasteiger partial charge in [0.15, 0.2) is 11.6 Å². The first-order chi connectivity index (χ1) is 22.9. The number of esters is 1. The summed E-state index contributed by atoms with van der Waals surface area (Å²) in [7, 11) is 3.90. The molecule has 5 aromatic rings. The molecule has 5 heteroatoms. The van der Waals surface area contributed by atoms with Gasteiger partial charge in [0.1, 0.15) is 0 Å². The van der Waals surface area contributed by atoms with Crippen molar-refractivity contribution < 1.29 is 19.1 Å². The lowest BCUT2D eigenvalue weighted by molar-refractivity contribution is 0.0496. The summed E-state index contributed by atoms with van der Waals surface area (Å²) in [5, 5.41) is 0. The second-order valence-electron chi connectivity index (χ2n) is 12.1. The predicted molar refractivity (Wildman–Crippen MR) is 187 cm³/mol. The fraction of sp³-hybridized carbons (Fsp3) is 0.167. The molecule has 0 radical (unpaired) electrons. The third-order valence-corrected chi connectivity index (χ3v) is 8.93. The van der Waals surface area contributed by atoms with Gasteiger partial charge in [-0.25, -0.2) is 4.79 Å². The molecule has 0 saturated carbocycles. The second kappa shape index (κ2) is 13.8. The zero-order valence-corrected chi connectivity index (χ0v) is 26.7. The minimum atomic E-state index is -0.509. The lowest BCUT2D eigenvalue weighted by Gasteiger charge is -2.36. The van der Waals surface area contributed by atoms with Gasteiger partial charge in [0, 0.05) is 36.3 Å². The Morgan fingerprint density at radius 3 is 1.72 bits per heavy atom. The first-order valence-corrected chi connectivity index (χ1v) is 15.9. The van der Waals surface area contributed by atoms with E-state index in [1.54, 1.807) is 18.2 Å². The number of anilines is 1. The molecule has 0 saturated heterocycles. The molecule has 0 atom stereocenters. The Labute approximate surface area is 276 Å². The summed E-state index contributed by atoms with van der Waals surface area (Å²) in [4.78, 5) is 41.4. The zero-order valence-electron chi connectivity index (χ0n) is 26.7. The van der Waals surface area contributed by atoms with Gasteiger partial charge in [-0.05, 0) is 77.9 Å². The highest BCUT2D eigenvalue weighted by atomic mass is 16.5. The number of hydrogen-bond donors (Lipinski definition) is 0. The smallest absolute Gasteiger partial charge is 0.338 e. The highest BCUT2D eigenvalue weighted by Gasteiger charge is 2.36.